The van der Waals surface area contributed by atoms with Crippen LogP contribution < -0.4 is 10.1 Å². The lowest BCUT2D eigenvalue weighted by molar-refractivity contribution is 0.0520. The molecule has 1 heterocycles. The van der Waals surface area contributed by atoms with Crippen molar-refractivity contribution >= 4 is 28.4 Å². The Kier molecular flexibility index (Phi) is 6.68. The average Bonchev–Trinajstić information content (AvgIpc) is 2.88. The Balaban J connectivity index is 1.59. The quantitative estimate of drug-likeness (QED) is 0.514. The van der Waals surface area contributed by atoms with Gasteiger partial charge < -0.3 is 14.8 Å². The molecule has 3 rings (SSSR count). The highest BCUT2D eigenvalue weighted by atomic mass is 32.3. The lowest BCUT2D eigenvalue weighted by atomic mass is 10.1. The van der Waals surface area contributed by atoms with Gasteiger partial charge in [-0.15, -0.1) is 11.8 Å². The van der Waals surface area contributed by atoms with E-state index in [1.165, 1.54) is 0 Å². The second kappa shape index (κ2) is 8.87. The first kappa shape index (κ1) is 21.8. The molecule has 0 fully saturated rings. The minimum Gasteiger partial charge on any atom is -0.492 e. The topological polar surface area (TPSA) is 88.0 Å². The van der Waals surface area contributed by atoms with Crippen LogP contribution in [0.1, 0.15) is 31.6 Å². The largest absolute Gasteiger partial charge is 0.492 e. The van der Waals surface area contributed by atoms with E-state index in [0.29, 0.717) is 16.4 Å². The Morgan fingerprint density at radius 2 is 1.93 bits per heavy atom. The summed E-state index contributed by atoms with van der Waals surface area (Å²) in [5.41, 5.74) is 0.381. The van der Waals surface area contributed by atoms with Gasteiger partial charge in [0, 0.05) is 11.0 Å². The van der Waals surface area contributed by atoms with Crippen LogP contribution in [-0.4, -0.2) is 39.7 Å². The Hall–Kier alpha value is -1.87. The van der Waals surface area contributed by atoms with Gasteiger partial charge in [-0.05, 0) is 44.5 Å². The zero-order valence-corrected chi connectivity index (χ0v) is 18.4. The maximum Gasteiger partial charge on any atom is 0.407 e. The molecule has 6 nitrogen and oxygen atoms in total. The van der Waals surface area contributed by atoms with Gasteiger partial charge in [0.2, 0.25) is 0 Å². The summed E-state index contributed by atoms with van der Waals surface area (Å²) >= 11 is 1.63. The van der Waals surface area contributed by atoms with Crippen molar-refractivity contribution in [3.05, 3.63) is 54.1 Å². The number of carbonyl (C=O) groups is 1. The number of thioether (sulfide) groups is 1. The highest BCUT2D eigenvalue weighted by Gasteiger charge is 2.36. The molecule has 1 aliphatic rings. The van der Waals surface area contributed by atoms with Gasteiger partial charge in [0.15, 0.2) is 0 Å². The molecule has 0 saturated heterocycles. The smallest absolute Gasteiger partial charge is 0.407 e. The third-order valence-corrected chi connectivity index (χ3v) is 7.44. The Morgan fingerprint density at radius 1 is 1.21 bits per heavy atom. The molecule has 0 radical (unpaired) electrons. The number of rotatable bonds is 6. The van der Waals surface area contributed by atoms with Crippen molar-refractivity contribution < 1.29 is 23.4 Å². The summed E-state index contributed by atoms with van der Waals surface area (Å²) in [4.78, 5) is 13.3. The molecule has 1 atom stereocenters. The summed E-state index contributed by atoms with van der Waals surface area (Å²) in [7, 11) is -2.85. The van der Waals surface area contributed by atoms with E-state index in [1.54, 1.807) is 38.6 Å². The summed E-state index contributed by atoms with van der Waals surface area (Å²) < 4.78 is 32.0. The number of carbonyl (C=O) groups excluding carboxylic acids is 1. The monoisotopic (exact) mass is 437 g/mol. The summed E-state index contributed by atoms with van der Waals surface area (Å²) in [6, 6.07) is 15.4. The van der Waals surface area contributed by atoms with Crippen LogP contribution in [0.5, 0.6) is 5.75 Å². The summed E-state index contributed by atoms with van der Waals surface area (Å²) in [6.07, 6.45) is -0.495. The fourth-order valence-electron chi connectivity index (χ4n) is 2.94. The van der Waals surface area contributed by atoms with E-state index in [-0.39, 0.29) is 18.4 Å². The second-order valence-corrected chi connectivity index (χ2v) is 11.1. The molecule has 29 heavy (non-hydrogen) atoms. The Labute approximate surface area is 177 Å². The van der Waals surface area contributed by atoms with Gasteiger partial charge in [-0.2, -0.15) is 10.6 Å². The first-order valence-electron chi connectivity index (χ1n) is 9.35. The Morgan fingerprint density at radius 3 is 2.62 bits per heavy atom. The maximum absolute atomic E-state index is 11.6. The van der Waals surface area contributed by atoms with Crippen LogP contribution in [0.2, 0.25) is 0 Å². The van der Waals surface area contributed by atoms with E-state index in [9.17, 15) is 13.9 Å². The number of amides is 1. The number of hydrogen-bond donors (Lipinski definition) is 3. The van der Waals surface area contributed by atoms with Crippen molar-refractivity contribution in [1.82, 2.24) is 5.32 Å². The van der Waals surface area contributed by atoms with Crippen LogP contribution in [0.3, 0.4) is 0 Å². The van der Waals surface area contributed by atoms with Gasteiger partial charge in [-0.25, -0.2) is 4.79 Å². The fourth-order valence-corrected chi connectivity index (χ4v) is 6.51. The number of fused-ring (bicyclic) bond motifs is 1. The minimum absolute atomic E-state index is 0.0136. The third kappa shape index (κ3) is 6.05. The summed E-state index contributed by atoms with van der Waals surface area (Å²) in [6.45, 7) is 5.94. The molecule has 2 aromatic rings. The number of ether oxygens (including phenoxy) is 2. The molecule has 0 saturated carbocycles. The van der Waals surface area contributed by atoms with Crippen molar-refractivity contribution in [1.29, 1.82) is 0 Å². The number of benzene rings is 2. The lowest BCUT2D eigenvalue weighted by Gasteiger charge is -2.27. The standard InChI is InChI=1S/C21H27NO5S2/c1-21(2,3)27-20(23)22-11-12-26-15-9-10-17-18(14-29(24,25)19(17)13-15)28-16-7-5-4-6-8-16/h4-10,13,18,24-25H,11-12,14H2,1-3H3,(H,22,23). The van der Waals surface area contributed by atoms with Gasteiger partial charge >= 0.3 is 6.09 Å². The minimum atomic E-state index is -2.85. The van der Waals surface area contributed by atoms with Crippen LogP contribution in [0.15, 0.2) is 58.3 Å². The highest BCUT2D eigenvalue weighted by molar-refractivity contribution is 8.25. The van der Waals surface area contributed by atoms with E-state index in [0.717, 1.165) is 10.5 Å². The van der Waals surface area contributed by atoms with Crippen molar-refractivity contribution in [2.24, 2.45) is 0 Å². The first-order valence-corrected chi connectivity index (χ1v) is 11.9. The molecule has 1 unspecified atom stereocenters. The molecule has 0 aliphatic carbocycles. The molecule has 0 aromatic heterocycles. The summed E-state index contributed by atoms with van der Waals surface area (Å²) in [5.74, 6) is 0.839. The molecule has 1 amide bonds. The van der Waals surface area contributed by atoms with Crippen molar-refractivity contribution in [3.8, 4) is 5.75 Å². The number of hydrogen-bond acceptors (Lipinski definition) is 6. The van der Waals surface area contributed by atoms with Gasteiger partial charge in [0.25, 0.3) is 0 Å². The molecule has 0 bridgehead atoms. The molecule has 158 valence electrons. The second-order valence-electron chi connectivity index (χ2n) is 7.73. The van der Waals surface area contributed by atoms with E-state index in [2.05, 4.69) is 5.32 Å². The first-order chi connectivity index (χ1) is 13.6. The van der Waals surface area contributed by atoms with Crippen molar-refractivity contribution in [2.45, 2.75) is 41.4 Å². The van der Waals surface area contributed by atoms with Crippen LogP contribution in [0.4, 0.5) is 4.79 Å². The maximum atomic E-state index is 11.6. The predicted molar refractivity (Wildman–Crippen MR) is 117 cm³/mol. The van der Waals surface area contributed by atoms with Crippen LogP contribution in [0.25, 0.3) is 0 Å². The van der Waals surface area contributed by atoms with E-state index < -0.39 is 22.3 Å². The normalized spacial score (nSPS) is 18.6. The lowest BCUT2D eigenvalue weighted by Crippen LogP contribution is -2.34. The molecular formula is C21H27NO5S2. The van der Waals surface area contributed by atoms with Crippen molar-refractivity contribution in [2.75, 3.05) is 18.9 Å². The van der Waals surface area contributed by atoms with E-state index >= 15 is 0 Å². The average molecular weight is 438 g/mol. The van der Waals surface area contributed by atoms with Gasteiger partial charge in [0.05, 0.1) is 22.4 Å². The van der Waals surface area contributed by atoms with E-state index in [1.807, 2.05) is 42.5 Å². The molecule has 8 heteroatoms. The number of alkyl carbamates (subject to hydrolysis) is 1. The van der Waals surface area contributed by atoms with Gasteiger partial charge in [-0.1, -0.05) is 24.3 Å². The SMILES string of the molecule is CC(C)(C)OC(=O)NCCOc1ccc2c(c1)S(O)(O)CC2Sc1ccccc1. The molecule has 2 aromatic carbocycles. The van der Waals surface area contributed by atoms with E-state index in [4.69, 9.17) is 9.47 Å². The molecule has 1 aliphatic heterocycles. The van der Waals surface area contributed by atoms with Gasteiger partial charge in [-0.3, -0.25) is 9.11 Å². The predicted octanol–water partition coefficient (Wildman–Crippen LogP) is 5.55. The molecular weight excluding hydrogens is 410 g/mol. The Bertz CT molecular complexity index is 852. The molecule has 0 spiro atoms. The van der Waals surface area contributed by atoms with Crippen molar-refractivity contribution in [3.63, 3.8) is 0 Å². The van der Waals surface area contributed by atoms with Crippen LogP contribution >= 0.6 is 22.4 Å². The zero-order chi connectivity index (χ0) is 21.1. The van der Waals surface area contributed by atoms with Crippen LogP contribution in [0, 0.1) is 0 Å². The summed E-state index contributed by atoms with van der Waals surface area (Å²) in [5, 5.41) is 2.62. The fraction of sp³-hybridized carbons (Fsp3) is 0.381. The third-order valence-electron chi connectivity index (χ3n) is 4.13. The number of nitrogens with one attached hydrogen (secondary N) is 1. The van der Waals surface area contributed by atoms with Gasteiger partial charge in [0.1, 0.15) is 18.0 Å². The zero-order valence-electron chi connectivity index (χ0n) is 16.8. The molecule has 3 N–H and O–H groups in total. The highest BCUT2D eigenvalue weighted by Crippen LogP contribution is 2.63. The van der Waals surface area contributed by atoms with Crippen LogP contribution in [-0.2, 0) is 4.74 Å².